The molecule has 7 atom stereocenters. The highest BCUT2D eigenvalue weighted by Crippen LogP contribution is 2.67. The van der Waals surface area contributed by atoms with Crippen LogP contribution in [0.3, 0.4) is 0 Å². The van der Waals surface area contributed by atoms with Gasteiger partial charge in [-0.2, -0.15) is 0 Å². The highest BCUT2D eigenvalue weighted by Gasteiger charge is 2.65. The van der Waals surface area contributed by atoms with Crippen LogP contribution < -0.4 is 0 Å². The van der Waals surface area contributed by atoms with Crippen molar-refractivity contribution in [3.63, 3.8) is 0 Å². The number of hydrogen-bond acceptors (Lipinski definition) is 3. The van der Waals surface area contributed by atoms with Crippen LogP contribution in [0, 0.1) is 34.5 Å². The minimum atomic E-state index is -1.11. The van der Waals surface area contributed by atoms with Gasteiger partial charge in [0.2, 0.25) is 0 Å². The van der Waals surface area contributed by atoms with Gasteiger partial charge in [-0.15, -0.1) is 0 Å². The maximum Gasteiger partial charge on any atom is 0.161 e. The summed E-state index contributed by atoms with van der Waals surface area (Å²) in [5.74, 6) is 2.84. The quantitative estimate of drug-likeness (QED) is 0.748. The fourth-order valence-electron chi connectivity index (χ4n) is 7.44. The highest BCUT2D eigenvalue weighted by atomic mass is 16.3. The van der Waals surface area contributed by atoms with Crippen LogP contribution >= 0.6 is 0 Å². The summed E-state index contributed by atoms with van der Waals surface area (Å²) in [5.41, 5.74) is -1.06. The second kappa shape index (κ2) is 5.09. The molecule has 0 amide bonds. The molecule has 3 saturated carbocycles. The van der Waals surface area contributed by atoms with E-state index in [0.717, 1.165) is 38.5 Å². The predicted octanol–water partition coefficient (Wildman–Crippen LogP) is 4.40. The number of aliphatic hydroxyl groups excluding tert-OH is 1. The van der Waals surface area contributed by atoms with E-state index in [1.807, 2.05) is 0 Å². The SMILES string of the molecule is CC(=O)[C@@]1(O)CC[C@H]2[C@@H]3CC[C@H]4C=C(O)CC[C@]4(C)[C@H]3CC[C@@]21C. The van der Waals surface area contributed by atoms with Crippen LogP contribution in [0.1, 0.15) is 72.1 Å². The van der Waals surface area contributed by atoms with E-state index < -0.39 is 5.60 Å². The van der Waals surface area contributed by atoms with Gasteiger partial charge in [0.05, 0.1) is 5.76 Å². The Labute approximate surface area is 145 Å². The second-order valence-corrected chi connectivity index (χ2v) is 9.64. The lowest BCUT2D eigenvalue weighted by Crippen LogP contribution is -2.57. The Morgan fingerprint density at radius 3 is 2.50 bits per heavy atom. The molecule has 3 nitrogen and oxygen atoms in total. The molecule has 4 aliphatic carbocycles. The smallest absolute Gasteiger partial charge is 0.161 e. The molecule has 0 aromatic heterocycles. The molecule has 0 radical (unpaired) electrons. The molecule has 0 aromatic rings. The first kappa shape index (κ1) is 16.6. The van der Waals surface area contributed by atoms with Crippen molar-refractivity contribution in [3.05, 3.63) is 11.8 Å². The van der Waals surface area contributed by atoms with Crippen LogP contribution in [0.5, 0.6) is 0 Å². The first-order valence-electron chi connectivity index (χ1n) is 9.85. The number of rotatable bonds is 1. The number of hydrogen-bond donors (Lipinski definition) is 2. The second-order valence-electron chi connectivity index (χ2n) is 9.64. The number of Topliss-reactive ketones (excluding diaryl/α,β-unsaturated/α-hetero) is 1. The zero-order valence-electron chi connectivity index (χ0n) is 15.3. The number of allylic oxidation sites excluding steroid dienone is 2. The molecular formula is C21H32O3. The van der Waals surface area contributed by atoms with E-state index in [1.54, 1.807) is 6.92 Å². The summed E-state index contributed by atoms with van der Waals surface area (Å²) < 4.78 is 0. The number of carbonyl (C=O) groups is 1. The third kappa shape index (κ3) is 1.91. The van der Waals surface area contributed by atoms with Crippen molar-refractivity contribution in [2.45, 2.75) is 77.7 Å². The predicted molar refractivity (Wildman–Crippen MR) is 93.5 cm³/mol. The molecule has 0 spiro atoms. The molecule has 0 aromatic carbocycles. The van der Waals surface area contributed by atoms with E-state index in [0.29, 0.717) is 35.9 Å². The largest absolute Gasteiger partial charge is 0.513 e. The maximum atomic E-state index is 12.2. The molecule has 2 N–H and O–H groups in total. The normalized spacial score (nSPS) is 53.6. The molecule has 0 unspecified atom stereocenters. The Balaban J connectivity index is 1.67. The van der Waals surface area contributed by atoms with Crippen molar-refractivity contribution < 1.29 is 15.0 Å². The first-order valence-corrected chi connectivity index (χ1v) is 9.85. The summed E-state index contributed by atoms with van der Waals surface area (Å²) in [5, 5.41) is 21.1. The van der Waals surface area contributed by atoms with E-state index in [9.17, 15) is 15.0 Å². The van der Waals surface area contributed by atoms with Crippen LogP contribution in [0.15, 0.2) is 11.8 Å². The average Bonchev–Trinajstić information content (AvgIpc) is 2.81. The summed E-state index contributed by atoms with van der Waals surface area (Å²) in [6.07, 6.45) is 10.1. The van der Waals surface area contributed by atoms with E-state index >= 15 is 0 Å². The fraction of sp³-hybridized carbons (Fsp3) is 0.857. The van der Waals surface area contributed by atoms with Crippen molar-refractivity contribution >= 4 is 5.78 Å². The van der Waals surface area contributed by atoms with Crippen molar-refractivity contribution in [3.8, 4) is 0 Å². The lowest BCUT2D eigenvalue weighted by molar-refractivity contribution is -0.164. The van der Waals surface area contributed by atoms with Gasteiger partial charge in [0.25, 0.3) is 0 Å². The molecule has 3 fully saturated rings. The highest BCUT2D eigenvalue weighted by molar-refractivity contribution is 5.86. The zero-order chi connectivity index (χ0) is 17.3. The van der Waals surface area contributed by atoms with Crippen molar-refractivity contribution in [1.82, 2.24) is 0 Å². The van der Waals surface area contributed by atoms with Crippen molar-refractivity contribution in [1.29, 1.82) is 0 Å². The Bertz CT molecular complexity index is 596. The number of carbonyl (C=O) groups excluding carboxylic acids is 1. The Morgan fingerprint density at radius 2 is 1.79 bits per heavy atom. The molecule has 0 aliphatic heterocycles. The Kier molecular flexibility index (Phi) is 3.53. The first-order chi connectivity index (χ1) is 11.2. The summed E-state index contributed by atoms with van der Waals surface area (Å²) in [6.45, 7) is 6.20. The van der Waals surface area contributed by atoms with Crippen LogP contribution in [-0.2, 0) is 4.79 Å². The van der Waals surface area contributed by atoms with Gasteiger partial charge >= 0.3 is 0 Å². The monoisotopic (exact) mass is 332 g/mol. The molecule has 134 valence electrons. The lowest BCUT2D eigenvalue weighted by atomic mass is 9.45. The Morgan fingerprint density at radius 1 is 1.08 bits per heavy atom. The minimum absolute atomic E-state index is 0.0311. The number of aliphatic hydroxyl groups is 2. The summed E-state index contributed by atoms with van der Waals surface area (Å²) in [7, 11) is 0. The Hall–Kier alpha value is -0.830. The summed E-state index contributed by atoms with van der Waals surface area (Å²) >= 11 is 0. The van der Waals surface area contributed by atoms with Crippen molar-refractivity contribution in [2.75, 3.05) is 0 Å². The molecule has 4 aliphatic rings. The van der Waals surface area contributed by atoms with Gasteiger partial charge in [-0.05, 0) is 87.0 Å². The van der Waals surface area contributed by atoms with Crippen LogP contribution in [-0.4, -0.2) is 21.6 Å². The fourth-order valence-corrected chi connectivity index (χ4v) is 7.44. The van der Waals surface area contributed by atoms with Gasteiger partial charge in [-0.3, -0.25) is 4.79 Å². The zero-order valence-corrected chi connectivity index (χ0v) is 15.3. The maximum absolute atomic E-state index is 12.2. The third-order valence-corrected chi connectivity index (χ3v) is 8.99. The topological polar surface area (TPSA) is 57.5 Å². The van der Waals surface area contributed by atoms with Gasteiger partial charge < -0.3 is 10.2 Å². The van der Waals surface area contributed by atoms with E-state index in [4.69, 9.17) is 0 Å². The number of fused-ring (bicyclic) bond motifs is 5. The number of ketones is 1. The van der Waals surface area contributed by atoms with Crippen LogP contribution in [0.4, 0.5) is 0 Å². The van der Waals surface area contributed by atoms with Crippen LogP contribution in [0.25, 0.3) is 0 Å². The molecule has 3 heteroatoms. The molecule has 0 saturated heterocycles. The van der Waals surface area contributed by atoms with Gasteiger partial charge in [-0.1, -0.05) is 13.8 Å². The summed E-state index contributed by atoms with van der Waals surface area (Å²) in [4.78, 5) is 12.2. The van der Waals surface area contributed by atoms with E-state index in [-0.39, 0.29) is 16.6 Å². The standard InChI is InChI=1S/C21H32O3/c1-13(22)21(24)11-8-18-16-5-4-14-12-15(23)6-9-19(14,2)17(16)7-10-20(18,21)3/h12,14,16-18,23-24H,4-11H2,1-3H3/t14-,16+,17-,18-,19-,20-,21-/m0/s1. The van der Waals surface area contributed by atoms with Gasteiger partial charge in [0, 0.05) is 11.8 Å². The average molecular weight is 332 g/mol. The van der Waals surface area contributed by atoms with Gasteiger partial charge in [0.1, 0.15) is 5.60 Å². The molecule has 0 bridgehead atoms. The molecule has 4 rings (SSSR count). The van der Waals surface area contributed by atoms with Gasteiger partial charge in [0.15, 0.2) is 5.78 Å². The third-order valence-electron chi connectivity index (χ3n) is 8.99. The van der Waals surface area contributed by atoms with Gasteiger partial charge in [-0.25, -0.2) is 0 Å². The lowest BCUT2D eigenvalue weighted by Gasteiger charge is -2.60. The van der Waals surface area contributed by atoms with Crippen molar-refractivity contribution in [2.24, 2.45) is 34.5 Å². The minimum Gasteiger partial charge on any atom is -0.513 e. The summed E-state index contributed by atoms with van der Waals surface area (Å²) in [6, 6.07) is 0. The molecular weight excluding hydrogens is 300 g/mol. The molecule has 24 heavy (non-hydrogen) atoms. The van der Waals surface area contributed by atoms with E-state index in [1.165, 1.54) is 6.42 Å². The van der Waals surface area contributed by atoms with E-state index in [2.05, 4.69) is 19.9 Å². The van der Waals surface area contributed by atoms with Crippen LogP contribution in [0.2, 0.25) is 0 Å². The molecule has 0 heterocycles.